The number of carbonyl (C=O) groups excluding carboxylic acids is 1. The summed E-state index contributed by atoms with van der Waals surface area (Å²) in [5.74, 6) is -0.978. The first kappa shape index (κ1) is 17.3. The van der Waals surface area contributed by atoms with Crippen molar-refractivity contribution in [3.05, 3.63) is 57.4 Å². The van der Waals surface area contributed by atoms with Gasteiger partial charge >= 0.3 is 5.91 Å². The molecule has 29 heavy (non-hydrogen) atoms. The molecule has 0 aliphatic carbocycles. The smallest absolute Gasteiger partial charge is 0.304 e. The fourth-order valence-corrected chi connectivity index (χ4v) is 4.34. The zero-order chi connectivity index (χ0) is 20.1. The second-order valence-corrected chi connectivity index (χ2v) is 7.54. The van der Waals surface area contributed by atoms with E-state index in [1.165, 1.54) is 22.3 Å². The Bertz CT molecular complexity index is 1420. The molecule has 11 nitrogen and oxygen atoms in total. The van der Waals surface area contributed by atoms with Gasteiger partial charge in [-0.3, -0.25) is 14.7 Å². The summed E-state index contributed by atoms with van der Waals surface area (Å²) in [4.78, 5) is 32.8. The van der Waals surface area contributed by atoms with E-state index in [4.69, 9.17) is 10.2 Å². The van der Waals surface area contributed by atoms with Crippen molar-refractivity contribution in [2.75, 3.05) is 0 Å². The van der Waals surface area contributed by atoms with Crippen LogP contribution in [0.4, 0.5) is 0 Å². The lowest BCUT2D eigenvalue weighted by Crippen LogP contribution is -2.24. The number of hydrogen-bond donors (Lipinski definition) is 2. The summed E-state index contributed by atoms with van der Waals surface area (Å²) in [6, 6.07) is 1.90. The van der Waals surface area contributed by atoms with Crippen LogP contribution >= 0.6 is 11.3 Å². The van der Waals surface area contributed by atoms with Gasteiger partial charge in [-0.1, -0.05) is 0 Å². The van der Waals surface area contributed by atoms with Gasteiger partial charge in [0.15, 0.2) is 5.65 Å². The van der Waals surface area contributed by atoms with E-state index < -0.39 is 5.91 Å². The number of nitrogens with one attached hydrogen (secondary N) is 1. The first-order chi connectivity index (χ1) is 14.0. The molecule has 5 rings (SSSR count). The van der Waals surface area contributed by atoms with Crippen LogP contribution in [0, 0.1) is 0 Å². The van der Waals surface area contributed by atoms with E-state index >= 15 is 0 Å². The van der Waals surface area contributed by atoms with Crippen LogP contribution in [0.3, 0.4) is 0 Å². The number of hydrogen-bond acceptors (Lipinski definition) is 8. The van der Waals surface area contributed by atoms with Crippen LogP contribution in [0.5, 0.6) is 0 Å². The van der Waals surface area contributed by atoms with E-state index in [2.05, 4.69) is 25.3 Å². The van der Waals surface area contributed by atoms with Gasteiger partial charge in [-0.15, -0.1) is 11.3 Å². The number of fused-ring (bicyclic) bond motifs is 3. The maximum Gasteiger partial charge on any atom is 0.304 e. The van der Waals surface area contributed by atoms with Gasteiger partial charge < -0.3 is 14.7 Å². The van der Waals surface area contributed by atoms with Crippen LogP contribution < -0.4 is 11.3 Å². The number of thiazole rings is 1. The van der Waals surface area contributed by atoms with E-state index in [0.29, 0.717) is 17.6 Å². The number of carbonyl (C=O) groups is 1. The highest BCUT2D eigenvalue weighted by molar-refractivity contribution is 7.19. The molecule has 0 fully saturated rings. The minimum Gasteiger partial charge on any atom is -0.441 e. The monoisotopic (exact) mass is 410 g/mol. The van der Waals surface area contributed by atoms with Crippen molar-refractivity contribution >= 4 is 38.5 Å². The third-order valence-electron chi connectivity index (χ3n) is 4.54. The molecule has 0 aromatic carbocycles. The quantitative estimate of drug-likeness (QED) is 0.435. The first-order valence-electron chi connectivity index (χ1n) is 8.57. The molecular weight excluding hydrogens is 396 g/mol. The highest BCUT2D eigenvalue weighted by atomic mass is 32.1. The average Bonchev–Trinajstić information content (AvgIpc) is 3.45. The summed E-state index contributed by atoms with van der Waals surface area (Å²) in [6.07, 6.45) is 5.27. The molecular formula is C17H14N8O3S. The highest BCUT2D eigenvalue weighted by Gasteiger charge is 2.19. The molecule has 0 bridgehead atoms. The van der Waals surface area contributed by atoms with Crippen molar-refractivity contribution in [2.45, 2.75) is 13.0 Å². The van der Waals surface area contributed by atoms with E-state index in [1.54, 1.807) is 24.0 Å². The summed E-state index contributed by atoms with van der Waals surface area (Å²) in [7, 11) is 1.80. The molecule has 0 saturated carbocycles. The maximum atomic E-state index is 13.0. The van der Waals surface area contributed by atoms with Crippen LogP contribution in [0.2, 0.25) is 0 Å². The minimum absolute atomic E-state index is 0.0584. The number of oxazole rings is 1. The number of H-pyrrole nitrogens is 1. The molecule has 5 heterocycles. The second-order valence-electron chi connectivity index (χ2n) is 6.46. The molecule has 0 aliphatic heterocycles. The van der Waals surface area contributed by atoms with Crippen molar-refractivity contribution in [1.29, 1.82) is 0 Å². The van der Waals surface area contributed by atoms with Gasteiger partial charge in [0.25, 0.3) is 11.4 Å². The Kier molecular flexibility index (Phi) is 3.81. The fourth-order valence-electron chi connectivity index (χ4n) is 3.21. The van der Waals surface area contributed by atoms with Gasteiger partial charge in [-0.2, -0.15) is 10.2 Å². The summed E-state index contributed by atoms with van der Waals surface area (Å²) < 4.78 is 8.94. The van der Waals surface area contributed by atoms with Gasteiger partial charge in [0, 0.05) is 30.7 Å². The van der Waals surface area contributed by atoms with Gasteiger partial charge in [-0.25, -0.2) is 14.6 Å². The minimum atomic E-state index is -0.772. The zero-order valence-electron chi connectivity index (χ0n) is 15.1. The van der Waals surface area contributed by atoms with Crippen LogP contribution in [0.1, 0.15) is 27.1 Å². The second kappa shape index (κ2) is 6.38. The molecule has 0 unspecified atom stereocenters. The lowest BCUT2D eigenvalue weighted by Gasteiger charge is -2.03. The number of rotatable bonds is 5. The summed E-state index contributed by atoms with van der Waals surface area (Å²) >= 11 is 1.52. The molecule has 1 amide bonds. The predicted octanol–water partition coefficient (Wildman–Crippen LogP) is 0.794. The van der Waals surface area contributed by atoms with Crippen molar-refractivity contribution < 1.29 is 9.21 Å². The zero-order valence-corrected chi connectivity index (χ0v) is 15.9. The standard InChI is InChI=1S/C17H14N8O3S/c1-24-12-10(13-15(24)22-11(29-13)4-8-2-3-19-23-8)5-20-25(17(12)27)6-9-7-28-16(21-9)14(18)26/h2-3,5,7H,4,6H2,1H3,(H2,18,26)(H,19,23). The molecule has 0 saturated heterocycles. The summed E-state index contributed by atoms with van der Waals surface area (Å²) in [6.45, 7) is 0.0584. The normalized spacial score (nSPS) is 11.6. The fraction of sp³-hybridized carbons (Fsp3) is 0.176. The molecule has 5 aromatic rings. The third-order valence-corrected chi connectivity index (χ3v) is 5.62. The highest BCUT2D eigenvalue weighted by Crippen LogP contribution is 2.31. The molecule has 12 heteroatoms. The van der Waals surface area contributed by atoms with E-state index in [9.17, 15) is 9.59 Å². The lowest BCUT2D eigenvalue weighted by atomic mass is 10.3. The number of nitrogens with two attached hydrogens (primary N) is 1. The van der Waals surface area contributed by atoms with Gasteiger partial charge in [0.05, 0.1) is 17.4 Å². The van der Waals surface area contributed by atoms with Gasteiger partial charge in [-0.05, 0) is 6.07 Å². The Morgan fingerprint density at radius 1 is 1.38 bits per heavy atom. The average molecular weight is 410 g/mol. The molecule has 0 atom stereocenters. The number of amides is 1. The molecule has 146 valence electrons. The van der Waals surface area contributed by atoms with Crippen LogP contribution in [-0.4, -0.2) is 40.4 Å². The maximum absolute atomic E-state index is 13.0. The molecule has 5 aromatic heterocycles. The Balaban J connectivity index is 1.55. The molecule has 0 aliphatic rings. The number of aromatic amines is 1. The molecule has 3 N–H and O–H groups in total. The molecule has 0 radical (unpaired) electrons. The van der Waals surface area contributed by atoms with Crippen molar-refractivity contribution in [2.24, 2.45) is 12.8 Å². The number of primary amides is 1. The SMILES string of the molecule is Cn1c2nc(Cc3ccn[nH]3)sc2c2cnn(Cc3coc(C(N)=O)n3)c(=O)c21. The Morgan fingerprint density at radius 3 is 2.97 bits per heavy atom. The number of nitrogens with zero attached hydrogens (tertiary/aromatic N) is 6. The number of aryl methyl sites for hydroxylation is 1. The topological polar surface area (TPSA) is 151 Å². The van der Waals surface area contributed by atoms with Crippen molar-refractivity contribution in [1.82, 2.24) is 34.5 Å². The number of aromatic nitrogens is 7. The van der Waals surface area contributed by atoms with Crippen LogP contribution in [-0.2, 0) is 20.0 Å². The van der Waals surface area contributed by atoms with Crippen molar-refractivity contribution in [3.8, 4) is 0 Å². The Morgan fingerprint density at radius 2 is 2.24 bits per heavy atom. The van der Waals surface area contributed by atoms with Crippen molar-refractivity contribution in [3.63, 3.8) is 0 Å². The predicted molar refractivity (Wildman–Crippen MR) is 104 cm³/mol. The van der Waals surface area contributed by atoms with Gasteiger partial charge in [0.1, 0.15) is 22.5 Å². The largest absolute Gasteiger partial charge is 0.441 e. The first-order valence-corrected chi connectivity index (χ1v) is 9.39. The lowest BCUT2D eigenvalue weighted by molar-refractivity contribution is 0.0967. The Hall–Kier alpha value is -3.80. The van der Waals surface area contributed by atoms with E-state index in [-0.39, 0.29) is 18.0 Å². The summed E-state index contributed by atoms with van der Waals surface area (Å²) in [5.41, 5.74) is 7.43. The van der Waals surface area contributed by atoms with Gasteiger partial charge in [0.2, 0.25) is 0 Å². The Labute approximate surface area is 165 Å². The van der Waals surface area contributed by atoms with Crippen LogP contribution in [0.15, 0.2) is 33.9 Å². The molecule has 0 spiro atoms. The van der Waals surface area contributed by atoms with E-state index in [0.717, 1.165) is 26.4 Å². The summed E-state index contributed by atoms with van der Waals surface area (Å²) in [5, 5.41) is 12.8. The third kappa shape index (κ3) is 2.81. The van der Waals surface area contributed by atoms with Crippen LogP contribution in [0.25, 0.3) is 21.3 Å². The van der Waals surface area contributed by atoms with E-state index in [1.807, 2.05) is 6.07 Å².